The van der Waals surface area contributed by atoms with Crippen molar-refractivity contribution in [1.29, 1.82) is 0 Å². The van der Waals surface area contributed by atoms with Crippen molar-refractivity contribution in [3.63, 3.8) is 0 Å². The highest BCUT2D eigenvalue weighted by Crippen LogP contribution is 2.22. The number of nitrogens with one attached hydrogen (secondary N) is 2. The fraction of sp³-hybridized carbons (Fsp3) is 0.529. The lowest BCUT2D eigenvalue weighted by atomic mass is 9.97. The molecule has 7 nitrogen and oxygen atoms in total. The molecule has 1 saturated heterocycles. The van der Waals surface area contributed by atoms with E-state index in [0.29, 0.717) is 18.5 Å². The number of carbonyl (C=O) groups excluding carboxylic acids is 2. The molecule has 1 aliphatic rings. The highest BCUT2D eigenvalue weighted by molar-refractivity contribution is 5.89. The fourth-order valence-electron chi connectivity index (χ4n) is 2.73. The van der Waals surface area contributed by atoms with E-state index in [4.69, 9.17) is 4.74 Å². The van der Waals surface area contributed by atoms with Crippen LogP contribution in [0.3, 0.4) is 0 Å². The van der Waals surface area contributed by atoms with E-state index in [2.05, 4.69) is 10.6 Å². The van der Waals surface area contributed by atoms with E-state index in [0.717, 1.165) is 0 Å². The number of halogens is 1. The number of nitrogens with zero attached hydrogens (tertiary/aromatic N) is 1. The number of rotatable bonds is 5. The van der Waals surface area contributed by atoms with Gasteiger partial charge in [0.1, 0.15) is 11.9 Å². The highest BCUT2D eigenvalue weighted by atomic mass is 19.1. The number of aliphatic hydroxyl groups is 1. The largest absolute Gasteiger partial charge is 0.394 e. The van der Waals surface area contributed by atoms with Crippen LogP contribution >= 0.6 is 0 Å². The molecule has 0 unspecified atom stereocenters. The number of carbonyl (C=O) groups is 2. The molecule has 1 aromatic carbocycles. The Morgan fingerprint density at radius 1 is 1.36 bits per heavy atom. The predicted octanol–water partition coefficient (Wildman–Crippen LogP) is 1.33. The van der Waals surface area contributed by atoms with Gasteiger partial charge in [-0.05, 0) is 31.0 Å². The lowest BCUT2D eigenvalue weighted by Crippen LogP contribution is -2.52. The van der Waals surface area contributed by atoms with E-state index < -0.39 is 18.0 Å². The number of ether oxygens (including phenoxy) is 1. The molecule has 1 aliphatic heterocycles. The number of benzene rings is 1. The molecule has 1 heterocycles. The van der Waals surface area contributed by atoms with Gasteiger partial charge in [0.05, 0.1) is 25.2 Å². The lowest BCUT2D eigenvalue weighted by molar-refractivity contribution is -0.137. The van der Waals surface area contributed by atoms with Gasteiger partial charge in [-0.3, -0.25) is 4.79 Å². The molecule has 2 rings (SSSR count). The van der Waals surface area contributed by atoms with Crippen molar-refractivity contribution < 1.29 is 23.8 Å². The summed E-state index contributed by atoms with van der Waals surface area (Å²) in [7, 11) is 3.35. The number of hydrogen-bond donors (Lipinski definition) is 3. The lowest BCUT2D eigenvalue weighted by Gasteiger charge is -2.36. The van der Waals surface area contributed by atoms with Crippen LogP contribution in [0.15, 0.2) is 24.3 Å². The number of amides is 3. The average molecular weight is 353 g/mol. The van der Waals surface area contributed by atoms with Gasteiger partial charge in [-0.2, -0.15) is 0 Å². The number of aliphatic hydroxyl groups excluding tert-OH is 1. The van der Waals surface area contributed by atoms with Gasteiger partial charge in [-0.15, -0.1) is 0 Å². The molecule has 138 valence electrons. The average Bonchev–Trinajstić information content (AvgIpc) is 2.56. The number of urea groups is 1. The van der Waals surface area contributed by atoms with Gasteiger partial charge in [0.15, 0.2) is 0 Å². The Kier molecular flexibility index (Phi) is 6.72. The molecule has 0 bridgehead atoms. The Balaban J connectivity index is 1.87. The van der Waals surface area contributed by atoms with Crippen molar-refractivity contribution in [3.05, 3.63) is 30.1 Å². The van der Waals surface area contributed by atoms with Gasteiger partial charge < -0.3 is 25.4 Å². The van der Waals surface area contributed by atoms with Crippen LogP contribution in [0.4, 0.5) is 14.9 Å². The first-order valence-electron chi connectivity index (χ1n) is 8.18. The normalized spacial score (nSPS) is 23.0. The second-order valence-corrected chi connectivity index (χ2v) is 6.26. The van der Waals surface area contributed by atoms with Crippen LogP contribution in [-0.2, 0) is 9.53 Å². The summed E-state index contributed by atoms with van der Waals surface area (Å²) in [4.78, 5) is 25.3. The first-order valence-corrected chi connectivity index (χ1v) is 8.18. The van der Waals surface area contributed by atoms with Crippen molar-refractivity contribution in [1.82, 2.24) is 10.2 Å². The van der Waals surface area contributed by atoms with Gasteiger partial charge in [0, 0.05) is 19.8 Å². The summed E-state index contributed by atoms with van der Waals surface area (Å²) in [5.74, 6) is -0.489. The molecular weight excluding hydrogens is 329 g/mol. The third-order valence-corrected chi connectivity index (χ3v) is 4.10. The summed E-state index contributed by atoms with van der Waals surface area (Å²) in [6.07, 6.45) is 0.545. The second-order valence-electron chi connectivity index (χ2n) is 6.26. The molecule has 3 amide bonds. The molecule has 3 N–H and O–H groups in total. The quantitative estimate of drug-likeness (QED) is 0.745. The minimum atomic E-state index is -0.591. The maximum atomic E-state index is 13.1. The maximum Gasteiger partial charge on any atom is 0.319 e. The van der Waals surface area contributed by atoms with Crippen LogP contribution in [0.2, 0.25) is 0 Å². The van der Waals surface area contributed by atoms with Crippen molar-refractivity contribution >= 4 is 17.6 Å². The van der Waals surface area contributed by atoms with Gasteiger partial charge in [0.25, 0.3) is 0 Å². The molecule has 0 radical (unpaired) electrons. The van der Waals surface area contributed by atoms with E-state index in [9.17, 15) is 19.1 Å². The smallest absolute Gasteiger partial charge is 0.319 e. The Hall–Kier alpha value is -2.19. The molecule has 8 heteroatoms. The standard InChI is InChI=1S/C17H24FN3O4/c1-21(2)16(23)9-13-6-7-14(15(10-22)25-13)20-17(24)19-12-5-3-4-11(18)8-12/h3-5,8,13-15,22H,6-7,9-10H2,1-2H3,(H2,19,20,24)/t13-,14-,15+/m1/s1. The Bertz CT molecular complexity index is 611. The topological polar surface area (TPSA) is 90.9 Å². The van der Waals surface area contributed by atoms with E-state index in [1.54, 1.807) is 20.2 Å². The monoisotopic (exact) mass is 353 g/mol. The Morgan fingerprint density at radius 3 is 2.76 bits per heavy atom. The zero-order chi connectivity index (χ0) is 18.4. The van der Waals surface area contributed by atoms with Crippen LogP contribution in [0.5, 0.6) is 0 Å². The molecule has 0 saturated carbocycles. The number of anilines is 1. The third-order valence-electron chi connectivity index (χ3n) is 4.10. The van der Waals surface area contributed by atoms with E-state index >= 15 is 0 Å². The van der Waals surface area contributed by atoms with Crippen molar-refractivity contribution in [2.24, 2.45) is 0 Å². The SMILES string of the molecule is CN(C)C(=O)C[C@H]1CC[C@@H](NC(=O)Nc2cccc(F)c2)[C@H](CO)O1. The first-order chi connectivity index (χ1) is 11.9. The Morgan fingerprint density at radius 2 is 2.12 bits per heavy atom. The van der Waals surface area contributed by atoms with Gasteiger partial charge in [-0.1, -0.05) is 6.07 Å². The minimum absolute atomic E-state index is 0.0445. The highest BCUT2D eigenvalue weighted by Gasteiger charge is 2.33. The van der Waals surface area contributed by atoms with Gasteiger partial charge >= 0.3 is 6.03 Å². The summed E-state index contributed by atoms with van der Waals surface area (Å²) in [6.45, 7) is -0.266. The van der Waals surface area contributed by atoms with E-state index in [-0.39, 0.29) is 31.1 Å². The first kappa shape index (κ1) is 19.1. The fourth-order valence-corrected chi connectivity index (χ4v) is 2.73. The summed E-state index contributed by atoms with van der Waals surface area (Å²) in [6, 6.07) is 4.69. The summed E-state index contributed by atoms with van der Waals surface area (Å²) < 4.78 is 18.9. The van der Waals surface area contributed by atoms with Crippen LogP contribution < -0.4 is 10.6 Å². The molecule has 0 aromatic heterocycles. The molecule has 1 fully saturated rings. The van der Waals surface area contributed by atoms with Gasteiger partial charge in [0.2, 0.25) is 5.91 Å². The van der Waals surface area contributed by atoms with Crippen molar-refractivity contribution in [2.75, 3.05) is 26.0 Å². The van der Waals surface area contributed by atoms with Crippen molar-refractivity contribution in [3.8, 4) is 0 Å². The van der Waals surface area contributed by atoms with Crippen molar-refractivity contribution in [2.45, 2.75) is 37.5 Å². The van der Waals surface area contributed by atoms with Crippen LogP contribution in [0.25, 0.3) is 0 Å². The molecule has 0 spiro atoms. The van der Waals surface area contributed by atoms with Crippen LogP contribution in [0, 0.1) is 5.82 Å². The van der Waals surface area contributed by atoms with Crippen LogP contribution in [0.1, 0.15) is 19.3 Å². The molecular formula is C17H24FN3O4. The number of hydrogen-bond acceptors (Lipinski definition) is 4. The minimum Gasteiger partial charge on any atom is -0.394 e. The van der Waals surface area contributed by atoms with Crippen LogP contribution in [-0.4, -0.2) is 60.9 Å². The third kappa shape index (κ3) is 5.68. The van der Waals surface area contributed by atoms with E-state index in [1.165, 1.54) is 23.1 Å². The predicted molar refractivity (Wildman–Crippen MR) is 90.6 cm³/mol. The second kappa shape index (κ2) is 8.77. The van der Waals surface area contributed by atoms with Gasteiger partial charge in [-0.25, -0.2) is 9.18 Å². The maximum absolute atomic E-state index is 13.1. The molecule has 3 atom stereocenters. The summed E-state index contributed by atoms with van der Waals surface area (Å²) in [5, 5.41) is 14.8. The Labute approximate surface area is 146 Å². The van der Waals surface area contributed by atoms with E-state index in [1.807, 2.05) is 0 Å². The zero-order valence-corrected chi connectivity index (χ0v) is 14.4. The molecule has 0 aliphatic carbocycles. The molecule has 1 aromatic rings. The summed E-state index contributed by atoms with van der Waals surface area (Å²) >= 11 is 0. The molecule has 25 heavy (non-hydrogen) atoms. The summed E-state index contributed by atoms with van der Waals surface area (Å²) in [5.41, 5.74) is 0.337. The zero-order valence-electron chi connectivity index (χ0n) is 14.4.